The highest BCUT2D eigenvalue weighted by molar-refractivity contribution is 6.00. The maximum absolute atomic E-state index is 13.4. The zero-order valence-corrected chi connectivity index (χ0v) is 18.1. The number of hydrazone groups is 1. The largest absolute Gasteiger partial charge is 0.433 e. The summed E-state index contributed by atoms with van der Waals surface area (Å²) in [5.41, 5.74) is 4.25. The zero-order valence-electron chi connectivity index (χ0n) is 18.1. The Kier molecular flexibility index (Phi) is 5.82. The minimum atomic E-state index is -4.56. The second-order valence-electron chi connectivity index (χ2n) is 8.00. The number of anilines is 1. The van der Waals surface area contributed by atoms with Gasteiger partial charge in [-0.05, 0) is 44.0 Å². The van der Waals surface area contributed by atoms with Gasteiger partial charge in [-0.25, -0.2) is 15.0 Å². The van der Waals surface area contributed by atoms with Crippen molar-refractivity contribution in [1.29, 1.82) is 0 Å². The summed E-state index contributed by atoms with van der Waals surface area (Å²) >= 11 is 0. The Hall–Kier alpha value is -3.48. The Morgan fingerprint density at radius 1 is 0.875 bits per heavy atom. The van der Waals surface area contributed by atoms with E-state index in [-0.39, 0.29) is 17.7 Å². The van der Waals surface area contributed by atoms with Crippen LogP contribution in [0, 0.1) is 20.8 Å². The molecule has 0 bridgehead atoms. The van der Waals surface area contributed by atoms with Gasteiger partial charge in [-0.2, -0.15) is 18.3 Å². The Bertz CT molecular complexity index is 1160. The van der Waals surface area contributed by atoms with E-state index >= 15 is 0 Å². The first kappa shape index (κ1) is 21.7. The van der Waals surface area contributed by atoms with Gasteiger partial charge in [-0.3, -0.25) is 0 Å². The molecular weight excluding hydrogens is 413 g/mol. The SMILES string of the molecule is Cc1ccc(/C=C/C2=NN(c3nc(C)cc(C(F)(F)F)n3)C(c3ccc(C)cc3)C2)cc1. The lowest BCUT2D eigenvalue weighted by Crippen LogP contribution is -2.23. The second-order valence-corrected chi connectivity index (χ2v) is 8.00. The monoisotopic (exact) mass is 436 g/mol. The van der Waals surface area contributed by atoms with Crippen LogP contribution < -0.4 is 5.01 Å². The molecule has 0 fully saturated rings. The number of nitrogens with zero attached hydrogens (tertiary/aromatic N) is 4. The summed E-state index contributed by atoms with van der Waals surface area (Å²) in [5, 5.41) is 6.11. The van der Waals surface area contributed by atoms with Gasteiger partial charge in [0.05, 0.1) is 11.8 Å². The van der Waals surface area contributed by atoms with E-state index in [2.05, 4.69) is 15.1 Å². The van der Waals surface area contributed by atoms with Gasteiger partial charge in [0.1, 0.15) is 5.69 Å². The molecule has 1 aromatic heterocycles. The minimum absolute atomic E-state index is 0.0540. The first-order chi connectivity index (χ1) is 15.2. The van der Waals surface area contributed by atoms with Gasteiger partial charge in [0.15, 0.2) is 0 Å². The fraction of sp³-hybridized carbons (Fsp3) is 0.240. The van der Waals surface area contributed by atoms with Crippen molar-refractivity contribution in [3.05, 3.63) is 94.3 Å². The number of aryl methyl sites for hydroxylation is 3. The lowest BCUT2D eigenvalue weighted by atomic mass is 10.0. The molecule has 0 amide bonds. The molecule has 1 aliphatic rings. The topological polar surface area (TPSA) is 41.4 Å². The van der Waals surface area contributed by atoms with Crippen LogP contribution in [0.3, 0.4) is 0 Å². The Labute approximate surface area is 185 Å². The quantitative estimate of drug-likeness (QED) is 0.472. The van der Waals surface area contributed by atoms with E-state index in [1.54, 1.807) is 0 Å². The van der Waals surface area contributed by atoms with Gasteiger partial charge in [-0.1, -0.05) is 65.7 Å². The summed E-state index contributed by atoms with van der Waals surface area (Å²) in [7, 11) is 0. The van der Waals surface area contributed by atoms with E-state index in [0.717, 1.165) is 28.5 Å². The molecule has 0 N–H and O–H groups in total. The summed E-state index contributed by atoms with van der Waals surface area (Å²) in [4.78, 5) is 8.07. The van der Waals surface area contributed by atoms with E-state index < -0.39 is 11.9 Å². The molecule has 1 atom stereocenters. The van der Waals surface area contributed by atoms with Gasteiger partial charge >= 0.3 is 6.18 Å². The molecule has 0 spiro atoms. The van der Waals surface area contributed by atoms with Crippen molar-refractivity contribution in [2.75, 3.05) is 5.01 Å². The van der Waals surface area contributed by atoms with Crippen LogP contribution in [0.5, 0.6) is 0 Å². The fourth-order valence-electron chi connectivity index (χ4n) is 3.54. The summed E-state index contributed by atoms with van der Waals surface area (Å²) < 4.78 is 40.1. The third-order valence-electron chi connectivity index (χ3n) is 5.28. The van der Waals surface area contributed by atoms with Crippen molar-refractivity contribution in [3.63, 3.8) is 0 Å². The number of hydrogen-bond acceptors (Lipinski definition) is 4. The van der Waals surface area contributed by atoms with Crippen LogP contribution in [0.15, 0.2) is 65.8 Å². The molecule has 4 rings (SSSR count). The summed E-state index contributed by atoms with van der Waals surface area (Å²) in [5.74, 6) is -0.0540. The smallest absolute Gasteiger partial charge is 0.223 e. The number of benzene rings is 2. The van der Waals surface area contributed by atoms with Crippen molar-refractivity contribution >= 4 is 17.7 Å². The van der Waals surface area contributed by atoms with E-state index in [1.165, 1.54) is 17.5 Å². The van der Waals surface area contributed by atoms with Crippen molar-refractivity contribution in [2.24, 2.45) is 5.10 Å². The highest BCUT2D eigenvalue weighted by Crippen LogP contribution is 2.36. The molecule has 0 saturated carbocycles. The number of rotatable bonds is 4. The van der Waals surface area contributed by atoms with Crippen molar-refractivity contribution in [1.82, 2.24) is 9.97 Å². The molecule has 0 saturated heterocycles. The highest BCUT2D eigenvalue weighted by Gasteiger charge is 2.36. The number of alkyl halides is 3. The van der Waals surface area contributed by atoms with Crippen LogP contribution in [0.2, 0.25) is 0 Å². The van der Waals surface area contributed by atoms with Crippen LogP contribution in [-0.4, -0.2) is 15.7 Å². The maximum Gasteiger partial charge on any atom is 0.433 e. The van der Waals surface area contributed by atoms with Crippen LogP contribution in [0.1, 0.15) is 46.1 Å². The van der Waals surface area contributed by atoms with Crippen LogP contribution >= 0.6 is 0 Å². The number of hydrogen-bond donors (Lipinski definition) is 0. The van der Waals surface area contributed by atoms with E-state index in [9.17, 15) is 13.2 Å². The fourth-order valence-corrected chi connectivity index (χ4v) is 3.54. The summed E-state index contributed by atoms with van der Waals surface area (Å²) in [6.45, 7) is 5.54. The minimum Gasteiger partial charge on any atom is -0.223 e. The first-order valence-corrected chi connectivity index (χ1v) is 10.3. The molecular formula is C25H23F3N4. The molecule has 3 aromatic rings. The van der Waals surface area contributed by atoms with Crippen molar-refractivity contribution in [3.8, 4) is 0 Å². The van der Waals surface area contributed by atoms with E-state index in [0.29, 0.717) is 6.42 Å². The lowest BCUT2D eigenvalue weighted by molar-refractivity contribution is -0.141. The molecule has 7 heteroatoms. The highest BCUT2D eigenvalue weighted by atomic mass is 19.4. The number of halogens is 3. The third kappa shape index (κ3) is 4.88. The first-order valence-electron chi connectivity index (χ1n) is 10.3. The molecule has 32 heavy (non-hydrogen) atoms. The molecule has 4 nitrogen and oxygen atoms in total. The van der Waals surface area contributed by atoms with Crippen LogP contribution in [0.25, 0.3) is 6.08 Å². The Morgan fingerprint density at radius 3 is 2.12 bits per heavy atom. The molecule has 0 aliphatic carbocycles. The van der Waals surface area contributed by atoms with Gasteiger partial charge in [-0.15, -0.1) is 0 Å². The van der Waals surface area contributed by atoms with Gasteiger partial charge < -0.3 is 0 Å². The molecule has 164 valence electrons. The molecule has 0 radical (unpaired) electrons. The number of allylic oxidation sites excluding steroid dienone is 1. The predicted octanol–water partition coefficient (Wildman–Crippen LogP) is 6.44. The van der Waals surface area contributed by atoms with Crippen LogP contribution in [0.4, 0.5) is 19.1 Å². The van der Waals surface area contributed by atoms with Crippen molar-refractivity contribution < 1.29 is 13.2 Å². The second kappa shape index (κ2) is 8.57. The normalized spacial score (nSPS) is 16.6. The van der Waals surface area contributed by atoms with Gasteiger partial charge in [0, 0.05) is 12.1 Å². The standard InChI is InChI=1S/C25H23F3N4/c1-16-4-8-19(9-5-16)10-13-21-15-22(20-11-6-17(2)7-12-20)32(31-21)24-29-18(3)14-23(30-24)25(26,27)28/h4-14,22H,15H2,1-3H3/b13-10+. The average molecular weight is 436 g/mol. The third-order valence-corrected chi connectivity index (χ3v) is 5.28. The van der Waals surface area contributed by atoms with Gasteiger partial charge in [0.25, 0.3) is 0 Å². The zero-order chi connectivity index (χ0) is 22.9. The Morgan fingerprint density at radius 2 is 1.50 bits per heavy atom. The molecule has 2 heterocycles. The average Bonchev–Trinajstić information content (AvgIpc) is 3.17. The maximum atomic E-state index is 13.4. The van der Waals surface area contributed by atoms with E-state index in [4.69, 9.17) is 0 Å². The molecule has 2 aromatic carbocycles. The van der Waals surface area contributed by atoms with Gasteiger partial charge in [0.2, 0.25) is 5.95 Å². The Balaban J connectivity index is 1.72. The lowest BCUT2D eigenvalue weighted by Gasteiger charge is -2.23. The molecule has 1 aliphatic heterocycles. The van der Waals surface area contributed by atoms with E-state index in [1.807, 2.05) is 74.5 Å². The molecule has 1 unspecified atom stereocenters. The number of aromatic nitrogens is 2. The summed E-state index contributed by atoms with van der Waals surface area (Å²) in [6.07, 6.45) is -0.179. The van der Waals surface area contributed by atoms with Crippen LogP contribution in [-0.2, 0) is 6.18 Å². The summed E-state index contributed by atoms with van der Waals surface area (Å²) in [6, 6.07) is 16.6. The predicted molar refractivity (Wildman–Crippen MR) is 120 cm³/mol. The van der Waals surface area contributed by atoms with Crippen molar-refractivity contribution in [2.45, 2.75) is 39.4 Å².